The maximum atomic E-state index is 12.2. The Hall–Kier alpha value is -2.19. The average molecular weight is 452 g/mol. The third-order valence-corrected chi connectivity index (χ3v) is 4.74. The number of aromatic nitrogens is 2. The van der Waals surface area contributed by atoms with Crippen LogP contribution in [-0.2, 0) is 0 Å². The summed E-state index contributed by atoms with van der Waals surface area (Å²) in [5.41, 5.74) is 1.68. The van der Waals surface area contributed by atoms with Gasteiger partial charge in [-0.05, 0) is 52.9 Å². The molecule has 0 spiro atoms. The molecule has 0 aliphatic heterocycles. The highest BCUT2D eigenvalue weighted by atomic mass is 127. The van der Waals surface area contributed by atoms with E-state index in [-0.39, 0.29) is 11.7 Å². The number of hydrogen-bond donors (Lipinski definition) is 2. The van der Waals surface area contributed by atoms with Gasteiger partial charge in [-0.15, -0.1) is 0 Å². The van der Waals surface area contributed by atoms with Crippen LogP contribution in [0.3, 0.4) is 0 Å². The summed E-state index contributed by atoms with van der Waals surface area (Å²) >= 11 is 8.03. The normalized spacial score (nSPS) is 10.4. The predicted octanol–water partition coefficient (Wildman–Crippen LogP) is 4.36. The van der Waals surface area contributed by atoms with Gasteiger partial charge in [-0.3, -0.25) is 4.79 Å². The van der Waals surface area contributed by atoms with Crippen molar-refractivity contribution in [3.05, 3.63) is 69.0 Å². The van der Waals surface area contributed by atoms with Crippen LogP contribution in [-0.4, -0.2) is 21.0 Å². The summed E-state index contributed by atoms with van der Waals surface area (Å²) in [4.78, 5) is 20.6. The highest BCUT2D eigenvalue weighted by Gasteiger charge is 2.09. The highest BCUT2D eigenvalue weighted by molar-refractivity contribution is 14.1. The molecule has 3 aromatic rings. The monoisotopic (exact) mass is 451 g/mol. The number of hydrogen-bond acceptors (Lipinski definition) is 4. The molecule has 0 saturated heterocycles. The Balaban J connectivity index is 1.76. The van der Waals surface area contributed by atoms with Crippen molar-refractivity contribution >= 4 is 45.8 Å². The lowest BCUT2D eigenvalue weighted by atomic mass is 10.2. The fourth-order valence-corrected chi connectivity index (χ4v) is 2.66. The molecule has 1 amide bonds. The number of phenols is 1. The summed E-state index contributed by atoms with van der Waals surface area (Å²) < 4.78 is 0.803. The molecular formula is C17H11ClIN3O2. The van der Waals surface area contributed by atoms with E-state index in [9.17, 15) is 9.90 Å². The predicted molar refractivity (Wildman–Crippen MR) is 101 cm³/mol. The Morgan fingerprint density at radius 1 is 1.12 bits per heavy atom. The van der Waals surface area contributed by atoms with Crippen molar-refractivity contribution in [1.29, 1.82) is 0 Å². The summed E-state index contributed by atoms with van der Waals surface area (Å²) in [6.45, 7) is 0. The van der Waals surface area contributed by atoms with Crippen LogP contribution in [0.1, 0.15) is 10.4 Å². The van der Waals surface area contributed by atoms with Crippen LogP contribution in [0.4, 0.5) is 5.69 Å². The van der Waals surface area contributed by atoms with E-state index in [1.54, 1.807) is 42.5 Å². The summed E-state index contributed by atoms with van der Waals surface area (Å²) in [6, 6.07) is 11.7. The Bertz CT molecular complexity index is 901. The summed E-state index contributed by atoms with van der Waals surface area (Å²) in [5, 5.41) is 12.8. The smallest absolute Gasteiger partial charge is 0.255 e. The van der Waals surface area contributed by atoms with Crippen molar-refractivity contribution in [2.45, 2.75) is 0 Å². The first-order chi connectivity index (χ1) is 11.5. The molecule has 0 fully saturated rings. The molecule has 3 rings (SSSR count). The molecule has 1 heterocycles. The molecule has 2 N–H and O–H groups in total. The maximum Gasteiger partial charge on any atom is 0.255 e. The van der Waals surface area contributed by atoms with Gasteiger partial charge in [0, 0.05) is 14.7 Å². The van der Waals surface area contributed by atoms with Gasteiger partial charge in [-0.1, -0.05) is 23.7 Å². The molecular weight excluding hydrogens is 441 g/mol. The minimum atomic E-state index is -0.265. The highest BCUT2D eigenvalue weighted by Crippen LogP contribution is 2.22. The summed E-state index contributed by atoms with van der Waals surface area (Å²) in [7, 11) is 0. The van der Waals surface area contributed by atoms with E-state index in [0.29, 0.717) is 27.7 Å². The summed E-state index contributed by atoms with van der Waals surface area (Å²) in [5.74, 6) is 0.342. The van der Waals surface area contributed by atoms with Crippen molar-refractivity contribution < 1.29 is 9.90 Å². The molecule has 0 aliphatic rings. The van der Waals surface area contributed by atoms with Crippen molar-refractivity contribution in [3.8, 4) is 17.1 Å². The molecule has 0 bridgehead atoms. The molecule has 5 nitrogen and oxygen atoms in total. The van der Waals surface area contributed by atoms with Gasteiger partial charge in [0.1, 0.15) is 5.75 Å². The van der Waals surface area contributed by atoms with Crippen molar-refractivity contribution in [1.82, 2.24) is 9.97 Å². The minimum absolute atomic E-state index is 0.144. The molecule has 0 saturated carbocycles. The number of amides is 1. The zero-order chi connectivity index (χ0) is 17.1. The number of nitrogens with one attached hydrogen (secondary N) is 1. The number of phenolic OH excluding ortho intramolecular Hbond substituents is 1. The number of carbonyl (C=O) groups is 1. The molecule has 1 aromatic heterocycles. The van der Waals surface area contributed by atoms with Gasteiger partial charge in [0.05, 0.1) is 23.1 Å². The van der Waals surface area contributed by atoms with E-state index >= 15 is 0 Å². The third-order valence-electron chi connectivity index (χ3n) is 3.20. The Morgan fingerprint density at radius 2 is 1.88 bits per heavy atom. The van der Waals surface area contributed by atoms with Crippen LogP contribution in [0.15, 0.2) is 54.9 Å². The van der Waals surface area contributed by atoms with Gasteiger partial charge in [-0.2, -0.15) is 0 Å². The SMILES string of the molecule is O=C(Nc1cnc(-c2cccc(O)c2)nc1)c1ccc(Cl)c(I)c1. The topological polar surface area (TPSA) is 75.1 Å². The fourth-order valence-electron chi connectivity index (χ4n) is 2.03. The minimum Gasteiger partial charge on any atom is -0.508 e. The van der Waals surface area contributed by atoms with E-state index in [1.807, 2.05) is 0 Å². The Kier molecular flexibility index (Phi) is 4.96. The van der Waals surface area contributed by atoms with Crippen LogP contribution in [0.5, 0.6) is 5.75 Å². The first-order valence-corrected chi connectivity index (χ1v) is 8.36. The molecule has 24 heavy (non-hydrogen) atoms. The molecule has 0 atom stereocenters. The second kappa shape index (κ2) is 7.14. The van der Waals surface area contributed by atoms with Crippen LogP contribution < -0.4 is 5.32 Å². The van der Waals surface area contributed by atoms with Gasteiger partial charge in [0.2, 0.25) is 0 Å². The number of rotatable bonds is 3. The van der Waals surface area contributed by atoms with E-state index in [1.165, 1.54) is 12.4 Å². The van der Waals surface area contributed by atoms with Gasteiger partial charge >= 0.3 is 0 Å². The van der Waals surface area contributed by atoms with Crippen molar-refractivity contribution in [2.24, 2.45) is 0 Å². The van der Waals surface area contributed by atoms with Crippen molar-refractivity contribution in [3.63, 3.8) is 0 Å². The molecule has 120 valence electrons. The van der Waals surface area contributed by atoms with Crippen LogP contribution in [0, 0.1) is 3.57 Å². The number of carbonyl (C=O) groups excluding carboxylic acids is 1. The Labute approximate surface area is 156 Å². The van der Waals surface area contributed by atoms with Crippen LogP contribution >= 0.6 is 34.2 Å². The average Bonchev–Trinajstić information content (AvgIpc) is 2.58. The van der Waals surface area contributed by atoms with Crippen molar-refractivity contribution in [2.75, 3.05) is 5.32 Å². The third kappa shape index (κ3) is 3.82. The quantitative estimate of drug-likeness (QED) is 0.580. The zero-order valence-corrected chi connectivity index (χ0v) is 15.1. The second-order valence-corrected chi connectivity index (χ2v) is 6.50. The van der Waals surface area contributed by atoms with Gasteiger partial charge in [0.25, 0.3) is 5.91 Å². The number of aromatic hydroxyl groups is 1. The maximum absolute atomic E-state index is 12.2. The van der Waals surface area contributed by atoms with Gasteiger partial charge < -0.3 is 10.4 Å². The lowest BCUT2D eigenvalue weighted by molar-refractivity contribution is 0.102. The number of benzene rings is 2. The van der Waals surface area contributed by atoms with Gasteiger partial charge in [0.15, 0.2) is 5.82 Å². The lowest BCUT2D eigenvalue weighted by Gasteiger charge is -2.07. The first-order valence-electron chi connectivity index (χ1n) is 6.91. The van der Waals surface area contributed by atoms with E-state index < -0.39 is 0 Å². The molecule has 0 radical (unpaired) electrons. The molecule has 7 heteroatoms. The second-order valence-electron chi connectivity index (χ2n) is 4.93. The molecule has 0 unspecified atom stereocenters. The molecule has 0 aliphatic carbocycles. The number of nitrogens with zero attached hydrogens (tertiary/aromatic N) is 2. The standard InChI is InChI=1S/C17H11ClIN3O2/c18-14-5-4-11(7-15(14)19)17(24)22-12-8-20-16(21-9-12)10-2-1-3-13(23)6-10/h1-9,23H,(H,22,24). The largest absolute Gasteiger partial charge is 0.508 e. The van der Waals surface area contributed by atoms with E-state index in [4.69, 9.17) is 11.6 Å². The number of anilines is 1. The fraction of sp³-hybridized carbons (Fsp3) is 0. The van der Waals surface area contributed by atoms with Gasteiger partial charge in [-0.25, -0.2) is 9.97 Å². The first kappa shape index (κ1) is 16.7. The molecule has 2 aromatic carbocycles. The van der Waals surface area contributed by atoms with Crippen LogP contribution in [0.2, 0.25) is 5.02 Å². The number of halogens is 2. The lowest BCUT2D eigenvalue weighted by Crippen LogP contribution is -2.12. The van der Waals surface area contributed by atoms with Crippen LogP contribution in [0.25, 0.3) is 11.4 Å². The Morgan fingerprint density at radius 3 is 2.54 bits per heavy atom. The van der Waals surface area contributed by atoms with E-state index in [0.717, 1.165) is 3.57 Å². The summed E-state index contributed by atoms with van der Waals surface area (Å²) in [6.07, 6.45) is 3.04. The zero-order valence-electron chi connectivity index (χ0n) is 12.2. The van der Waals surface area contributed by atoms with E-state index in [2.05, 4.69) is 37.9 Å².